The van der Waals surface area contributed by atoms with Gasteiger partial charge in [-0.25, -0.2) is 4.98 Å². The normalized spacial score (nSPS) is 11.3. The Kier molecular flexibility index (Phi) is 4.51. The molecule has 0 aliphatic rings. The molecule has 1 N–H and O–H groups in total. The van der Waals surface area contributed by atoms with Crippen LogP contribution < -0.4 is 5.32 Å². The van der Waals surface area contributed by atoms with Crippen LogP contribution in [0.15, 0.2) is 59.5 Å². The van der Waals surface area contributed by atoms with E-state index in [0.717, 1.165) is 24.0 Å². The van der Waals surface area contributed by atoms with E-state index in [9.17, 15) is 18.0 Å². The third-order valence-corrected chi connectivity index (χ3v) is 3.40. The Morgan fingerprint density at radius 1 is 1.08 bits per heavy atom. The Morgan fingerprint density at radius 3 is 2.40 bits per heavy atom. The van der Waals surface area contributed by atoms with Crippen molar-refractivity contribution in [3.63, 3.8) is 0 Å². The van der Waals surface area contributed by atoms with E-state index >= 15 is 0 Å². The average Bonchev–Trinajstić information content (AvgIpc) is 3.10. The molecule has 1 aromatic carbocycles. The van der Waals surface area contributed by atoms with Crippen LogP contribution in [0.2, 0.25) is 0 Å². The molecule has 1 amide bonds. The molecular weight excluding hydrogens is 335 g/mol. The number of nitrogens with zero attached hydrogens (tertiary/aromatic N) is 2. The summed E-state index contributed by atoms with van der Waals surface area (Å²) >= 11 is 0. The number of benzene rings is 1. The molecule has 3 aromatic rings. The quantitative estimate of drug-likeness (QED) is 0.782. The van der Waals surface area contributed by atoms with Crippen LogP contribution in [0.25, 0.3) is 11.5 Å². The van der Waals surface area contributed by atoms with Crippen LogP contribution in [0, 0.1) is 0 Å². The van der Waals surface area contributed by atoms with Gasteiger partial charge in [0, 0.05) is 24.5 Å². The minimum absolute atomic E-state index is 0.0453. The lowest BCUT2D eigenvalue weighted by Gasteiger charge is -2.06. The molecule has 0 bridgehead atoms. The third-order valence-electron chi connectivity index (χ3n) is 3.40. The predicted molar refractivity (Wildman–Crippen MR) is 82.3 cm³/mol. The molecule has 2 heterocycles. The summed E-state index contributed by atoms with van der Waals surface area (Å²) in [5, 5.41) is 2.67. The predicted octanol–water partition coefficient (Wildman–Crippen LogP) is 3.69. The molecule has 0 atom stereocenters. The maximum Gasteiger partial charge on any atom is 0.416 e. The van der Waals surface area contributed by atoms with Crippen molar-refractivity contribution in [2.24, 2.45) is 0 Å². The van der Waals surface area contributed by atoms with Crippen LogP contribution >= 0.6 is 0 Å². The molecule has 0 fully saturated rings. The van der Waals surface area contributed by atoms with Crippen LogP contribution in [0.3, 0.4) is 0 Å². The summed E-state index contributed by atoms with van der Waals surface area (Å²) in [4.78, 5) is 19.9. The monoisotopic (exact) mass is 347 g/mol. The van der Waals surface area contributed by atoms with Gasteiger partial charge in [0.05, 0.1) is 5.56 Å². The number of oxazole rings is 1. The summed E-state index contributed by atoms with van der Waals surface area (Å²) in [7, 11) is 0. The minimum Gasteiger partial charge on any atom is -0.444 e. The minimum atomic E-state index is -4.41. The van der Waals surface area contributed by atoms with Gasteiger partial charge in [-0.05, 0) is 42.0 Å². The number of carbonyl (C=O) groups excluding carboxylic acids is 1. The Morgan fingerprint density at radius 2 is 1.76 bits per heavy atom. The number of nitrogens with one attached hydrogen (secondary N) is 1. The largest absolute Gasteiger partial charge is 0.444 e. The topological polar surface area (TPSA) is 68.0 Å². The van der Waals surface area contributed by atoms with Gasteiger partial charge in [0.1, 0.15) is 6.26 Å². The zero-order valence-electron chi connectivity index (χ0n) is 12.7. The number of hydrogen-bond donors (Lipinski definition) is 1. The summed E-state index contributed by atoms with van der Waals surface area (Å²) in [5.74, 6) is -0.374. The van der Waals surface area contributed by atoms with Crippen molar-refractivity contribution in [2.75, 3.05) is 0 Å². The van der Waals surface area contributed by atoms with Gasteiger partial charge in [-0.3, -0.25) is 9.78 Å². The van der Waals surface area contributed by atoms with Crippen molar-refractivity contribution in [3.05, 3.63) is 71.9 Å². The summed E-state index contributed by atoms with van der Waals surface area (Å²) in [6, 6.07) is 7.87. The fourth-order valence-corrected chi connectivity index (χ4v) is 2.09. The van der Waals surface area contributed by atoms with Gasteiger partial charge in [0.2, 0.25) is 5.89 Å². The molecule has 0 aliphatic heterocycles. The molecule has 0 unspecified atom stereocenters. The number of aromatic nitrogens is 2. The molecule has 25 heavy (non-hydrogen) atoms. The van der Waals surface area contributed by atoms with Crippen LogP contribution in [-0.4, -0.2) is 15.9 Å². The second kappa shape index (κ2) is 6.76. The van der Waals surface area contributed by atoms with Crippen LogP contribution in [0.5, 0.6) is 0 Å². The SMILES string of the molecule is O=C(NCc1ccncc1)c1coc(-c2ccc(C(F)(F)F)cc2)n1. The first-order chi connectivity index (χ1) is 11.9. The van der Waals surface area contributed by atoms with Crippen molar-refractivity contribution in [1.82, 2.24) is 15.3 Å². The Bertz CT molecular complexity index is 859. The Labute approximate surface area is 140 Å². The maximum atomic E-state index is 12.6. The summed E-state index contributed by atoms with van der Waals surface area (Å²) in [5.41, 5.74) is 0.498. The number of alkyl halides is 3. The first-order valence-corrected chi connectivity index (χ1v) is 7.24. The summed E-state index contributed by atoms with van der Waals surface area (Å²) in [6.45, 7) is 0.295. The van der Waals surface area contributed by atoms with Crippen LogP contribution in [-0.2, 0) is 12.7 Å². The number of pyridine rings is 1. The molecule has 3 rings (SSSR count). The first kappa shape index (κ1) is 16.7. The first-order valence-electron chi connectivity index (χ1n) is 7.24. The lowest BCUT2D eigenvalue weighted by Crippen LogP contribution is -2.23. The van der Waals surface area contributed by atoms with E-state index < -0.39 is 17.6 Å². The van der Waals surface area contributed by atoms with Crippen molar-refractivity contribution in [3.8, 4) is 11.5 Å². The highest BCUT2D eigenvalue weighted by Gasteiger charge is 2.30. The van der Waals surface area contributed by atoms with E-state index in [1.165, 1.54) is 12.1 Å². The fraction of sp³-hybridized carbons (Fsp3) is 0.118. The highest BCUT2D eigenvalue weighted by atomic mass is 19.4. The van der Waals surface area contributed by atoms with E-state index in [-0.39, 0.29) is 11.6 Å². The molecule has 128 valence electrons. The van der Waals surface area contributed by atoms with Crippen molar-refractivity contribution in [2.45, 2.75) is 12.7 Å². The number of amides is 1. The molecule has 0 saturated heterocycles. The number of carbonyl (C=O) groups is 1. The van der Waals surface area contributed by atoms with Crippen LogP contribution in [0.1, 0.15) is 21.6 Å². The molecular formula is C17H12F3N3O2. The smallest absolute Gasteiger partial charge is 0.416 e. The zero-order chi connectivity index (χ0) is 17.9. The molecule has 0 aliphatic carbocycles. The molecule has 2 aromatic heterocycles. The highest BCUT2D eigenvalue weighted by molar-refractivity contribution is 5.92. The summed E-state index contributed by atoms with van der Waals surface area (Å²) < 4.78 is 42.9. The van der Waals surface area contributed by atoms with E-state index in [0.29, 0.717) is 12.1 Å². The van der Waals surface area contributed by atoms with E-state index in [2.05, 4.69) is 15.3 Å². The fourth-order valence-electron chi connectivity index (χ4n) is 2.09. The highest BCUT2D eigenvalue weighted by Crippen LogP contribution is 2.30. The van der Waals surface area contributed by atoms with Gasteiger partial charge < -0.3 is 9.73 Å². The number of rotatable bonds is 4. The van der Waals surface area contributed by atoms with Crippen molar-refractivity contribution in [1.29, 1.82) is 0 Å². The van der Waals surface area contributed by atoms with Gasteiger partial charge in [-0.1, -0.05) is 0 Å². The maximum absolute atomic E-state index is 12.6. The van der Waals surface area contributed by atoms with E-state index in [1.54, 1.807) is 24.5 Å². The molecule has 0 saturated carbocycles. The van der Waals surface area contributed by atoms with Gasteiger partial charge in [0.25, 0.3) is 5.91 Å². The lowest BCUT2D eigenvalue weighted by molar-refractivity contribution is -0.137. The van der Waals surface area contributed by atoms with Gasteiger partial charge in [0.15, 0.2) is 5.69 Å². The zero-order valence-corrected chi connectivity index (χ0v) is 12.7. The lowest BCUT2D eigenvalue weighted by atomic mass is 10.1. The van der Waals surface area contributed by atoms with Crippen LogP contribution in [0.4, 0.5) is 13.2 Å². The van der Waals surface area contributed by atoms with E-state index in [1.807, 2.05) is 0 Å². The standard InChI is InChI=1S/C17H12F3N3O2/c18-17(19,20)13-3-1-12(2-4-13)16-23-14(10-25-16)15(24)22-9-11-5-7-21-8-6-11/h1-8,10H,9H2,(H,22,24). The molecule has 5 nitrogen and oxygen atoms in total. The third kappa shape index (κ3) is 4.03. The number of halogens is 3. The molecule has 0 spiro atoms. The Balaban J connectivity index is 1.68. The molecule has 0 radical (unpaired) electrons. The second-order valence-electron chi connectivity index (χ2n) is 5.15. The molecule has 8 heteroatoms. The van der Waals surface area contributed by atoms with Gasteiger partial charge in [-0.2, -0.15) is 13.2 Å². The summed E-state index contributed by atoms with van der Waals surface area (Å²) in [6.07, 6.45) is -0.0252. The van der Waals surface area contributed by atoms with E-state index in [4.69, 9.17) is 4.42 Å². The van der Waals surface area contributed by atoms with Crippen molar-refractivity contribution < 1.29 is 22.4 Å². The number of hydrogen-bond acceptors (Lipinski definition) is 4. The van der Waals surface area contributed by atoms with Gasteiger partial charge in [-0.15, -0.1) is 0 Å². The van der Waals surface area contributed by atoms with Gasteiger partial charge >= 0.3 is 6.18 Å². The van der Waals surface area contributed by atoms with Crippen molar-refractivity contribution >= 4 is 5.91 Å². The second-order valence-corrected chi connectivity index (χ2v) is 5.15. The average molecular weight is 347 g/mol. The Hall–Kier alpha value is -3.16.